The van der Waals surface area contributed by atoms with E-state index in [2.05, 4.69) is 21.7 Å². The molecule has 1 aliphatic rings. The summed E-state index contributed by atoms with van der Waals surface area (Å²) in [5, 5.41) is 16.4. The lowest BCUT2D eigenvalue weighted by molar-refractivity contribution is -0.140. The molecule has 1 saturated carbocycles. The van der Waals surface area contributed by atoms with E-state index in [1.807, 2.05) is 6.07 Å². The first-order valence-corrected chi connectivity index (χ1v) is 11.8. The molecule has 5 nitrogen and oxygen atoms in total. The third-order valence-electron chi connectivity index (χ3n) is 6.33. The van der Waals surface area contributed by atoms with Gasteiger partial charge in [-0.1, -0.05) is 23.7 Å². The fraction of sp³-hybridized carbons (Fsp3) is 0.346. The maximum Gasteiger partial charge on any atom is 0.433 e. The van der Waals surface area contributed by atoms with Gasteiger partial charge >= 0.3 is 6.18 Å². The zero-order valence-electron chi connectivity index (χ0n) is 19.0. The molecule has 1 aromatic heterocycles. The largest absolute Gasteiger partial charge is 0.433 e. The van der Waals surface area contributed by atoms with Gasteiger partial charge in [-0.15, -0.1) is 0 Å². The van der Waals surface area contributed by atoms with E-state index >= 15 is 0 Å². The van der Waals surface area contributed by atoms with Crippen molar-refractivity contribution in [2.45, 2.75) is 56.8 Å². The molecule has 182 valence electrons. The molecule has 1 amide bonds. The molecule has 9 heteroatoms. The van der Waals surface area contributed by atoms with Crippen LogP contribution in [0.15, 0.2) is 48.5 Å². The number of carbonyl (C=O) groups excluding carboxylic acids is 1. The van der Waals surface area contributed by atoms with Crippen LogP contribution in [0.25, 0.3) is 10.9 Å². The average molecular weight is 501 g/mol. The second kappa shape index (κ2) is 10.1. The molecule has 4 rings (SSSR count). The average Bonchev–Trinajstić information content (AvgIpc) is 2.84. The third kappa shape index (κ3) is 5.85. The number of nitrogens with one attached hydrogen (secondary N) is 2. The first-order chi connectivity index (χ1) is 16.6. The number of benzene rings is 2. The summed E-state index contributed by atoms with van der Waals surface area (Å²) in [6.07, 6.45) is -1.82. The fourth-order valence-electron chi connectivity index (χ4n) is 4.36. The predicted octanol–water partition coefficient (Wildman–Crippen LogP) is 6.69. The van der Waals surface area contributed by atoms with Gasteiger partial charge in [0, 0.05) is 33.7 Å². The topological polar surface area (TPSA) is 77.8 Å². The van der Waals surface area contributed by atoms with Gasteiger partial charge in [-0.2, -0.15) is 18.4 Å². The van der Waals surface area contributed by atoms with Gasteiger partial charge in [0.1, 0.15) is 5.69 Å². The smallest absolute Gasteiger partial charge is 0.382 e. The molecule has 1 fully saturated rings. The molecule has 1 heterocycles. The van der Waals surface area contributed by atoms with Crippen molar-refractivity contribution in [3.63, 3.8) is 0 Å². The Balaban J connectivity index is 1.42. The number of hydrogen-bond acceptors (Lipinski definition) is 4. The maximum atomic E-state index is 13.4. The Morgan fingerprint density at radius 2 is 1.83 bits per heavy atom. The Bertz CT molecular complexity index is 1280. The van der Waals surface area contributed by atoms with Crippen molar-refractivity contribution in [3.05, 3.63) is 70.4 Å². The highest BCUT2D eigenvalue weighted by Gasteiger charge is 2.34. The van der Waals surface area contributed by atoms with Gasteiger partial charge < -0.3 is 10.6 Å². The van der Waals surface area contributed by atoms with E-state index in [1.165, 1.54) is 12.1 Å². The molecule has 1 aliphatic carbocycles. The van der Waals surface area contributed by atoms with Gasteiger partial charge in [0.2, 0.25) is 0 Å². The van der Waals surface area contributed by atoms with Crippen LogP contribution in [0.3, 0.4) is 0 Å². The zero-order valence-corrected chi connectivity index (χ0v) is 19.7. The minimum absolute atomic E-state index is 0.0352. The van der Waals surface area contributed by atoms with Gasteiger partial charge in [-0.3, -0.25) is 4.79 Å². The number of nitrogens with zero attached hydrogens (tertiary/aromatic N) is 2. The van der Waals surface area contributed by atoms with Crippen LogP contribution in [-0.4, -0.2) is 23.0 Å². The number of halogens is 4. The Labute approximate surface area is 206 Å². The van der Waals surface area contributed by atoms with E-state index in [0.717, 1.165) is 11.6 Å². The summed E-state index contributed by atoms with van der Waals surface area (Å²) in [7, 11) is 0. The van der Waals surface area contributed by atoms with Crippen molar-refractivity contribution in [1.29, 1.82) is 5.26 Å². The van der Waals surface area contributed by atoms with Crippen LogP contribution in [0.2, 0.25) is 5.02 Å². The van der Waals surface area contributed by atoms with E-state index < -0.39 is 11.9 Å². The van der Waals surface area contributed by atoms with Crippen molar-refractivity contribution >= 4 is 34.1 Å². The molecule has 2 aromatic carbocycles. The summed E-state index contributed by atoms with van der Waals surface area (Å²) in [5.74, 6) is -0.501. The van der Waals surface area contributed by atoms with Crippen LogP contribution < -0.4 is 10.6 Å². The van der Waals surface area contributed by atoms with E-state index in [-0.39, 0.29) is 29.4 Å². The van der Waals surface area contributed by atoms with E-state index in [0.29, 0.717) is 47.3 Å². The van der Waals surface area contributed by atoms with Crippen LogP contribution in [0.1, 0.15) is 60.1 Å². The minimum atomic E-state index is -4.56. The monoisotopic (exact) mass is 500 g/mol. The lowest BCUT2D eigenvalue weighted by Gasteiger charge is -2.31. The van der Waals surface area contributed by atoms with Crippen molar-refractivity contribution in [3.8, 4) is 6.07 Å². The SMILES string of the molecule is CC(C#N)c1cccc(C(=O)NC2CCC(Nc3cc(C(F)(F)F)nc4ccc(Cl)cc34)CC2)c1. The molecule has 0 radical (unpaired) electrons. The van der Waals surface area contributed by atoms with Crippen molar-refractivity contribution in [1.82, 2.24) is 10.3 Å². The summed E-state index contributed by atoms with van der Waals surface area (Å²) >= 11 is 6.08. The quantitative estimate of drug-likeness (QED) is 0.409. The highest BCUT2D eigenvalue weighted by atomic mass is 35.5. The van der Waals surface area contributed by atoms with Gasteiger partial charge in [0.05, 0.1) is 17.5 Å². The van der Waals surface area contributed by atoms with Gasteiger partial charge in [-0.25, -0.2) is 4.98 Å². The third-order valence-corrected chi connectivity index (χ3v) is 6.56. The van der Waals surface area contributed by atoms with Gasteiger partial charge in [0.15, 0.2) is 0 Å². The number of aromatic nitrogens is 1. The summed E-state index contributed by atoms with van der Waals surface area (Å²) in [5.41, 5.74) is 0.908. The first kappa shape index (κ1) is 24.8. The van der Waals surface area contributed by atoms with Crippen LogP contribution in [0, 0.1) is 11.3 Å². The number of amides is 1. The van der Waals surface area contributed by atoms with E-state index in [9.17, 15) is 18.0 Å². The molecular weight excluding hydrogens is 477 g/mol. The first-order valence-electron chi connectivity index (χ1n) is 11.4. The molecule has 3 aromatic rings. The second-order valence-corrected chi connectivity index (χ2v) is 9.29. The molecule has 0 bridgehead atoms. The highest BCUT2D eigenvalue weighted by Crippen LogP contribution is 2.35. The maximum absolute atomic E-state index is 13.4. The number of nitriles is 1. The Morgan fingerprint density at radius 3 is 2.51 bits per heavy atom. The normalized spacial score (nSPS) is 19.1. The molecule has 0 spiro atoms. The van der Waals surface area contributed by atoms with Crippen LogP contribution in [0.5, 0.6) is 0 Å². The standard InChI is InChI=1S/C26H24ClF3N4O/c1-15(14-31)16-3-2-4-17(11-16)25(35)33-20-8-6-19(7-9-20)32-23-13-24(26(28,29)30)34-22-10-5-18(27)12-21(22)23/h2-5,10-13,15,19-20H,6-9H2,1H3,(H,32,34)(H,33,35). The summed E-state index contributed by atoms with van der Waals surface area (Å²) < 4.78 is 40.1. The number of carbonyl (C=O) groups is 1. The number of fused-ring (bicyclic) bond motifs is 1. The molecule has 1 atom stereocenters. The number of pyridine rings is 1. The number of alkyl halides is 3. The Kier molecular flexibility index (Phi) is 7.18. The molecule has 0 aliphatic heterocycles. The molecule has 2 N–H and O–H groups in total. The van der Waals surface area contributed by atoms with Crippen LogP contribution in [0.4, 0.5) is 18.9 Å². The Hall–Kier alpha value is -3.31. The summed E-state index contributed by atoms with van der Waals surface area (Å²) in [6, 6.07) is 14.8. The number of hydrogen-bond donors (Lipinski definition) is 2. The summed E-state index contributed by atoms with van der Waals surface area (Å²) in [6.45, 7) is 1.78. The van der Waals surface area contributed by atoms with E-state index in [4.69, 9.17) is 16.9 Å². The molecule has 0 saturated heterocycles. The van der Waals surface area contributed by atoms with Crippen LogP contribution in [-0.2, 0) is 6.18 Å². The van der Waals surface area contributed by atoms with E-state index in [1.54, 1.807) is 31.2 Å². The second-order valence-electron chi connectivity index (χ2n) is 8.86. The molecule has 1 unspecified atom stereocenters. The number of anilines is 1. The Morgan fingerprint density at radius 1 is 1.11 bits per heavy atom. The van der Waals surface area contributed by atoms with Crippen molar-refractivity contribution < 1.29 is 18.0 Å². The van der Waals surface area contributed by atoms with Gasteiger partial charge in [-0.05, 0) is 74.6 Å². The minimum Gasteiger partial charge on any atom is -0.382 e. The summed E-state index contributed by atoms with van der Waals surface area (Å²) in [4.78, 5) is 16.5. The van der Waals surface area contributed by atoms with Gasteiger partial charge in [0.25, 0.3) is 5.91 Å². The number of rotatable bonds is 5. The predicted molar refractivity (Wildman–Crippen MR) is 129 cm³/mol. The van der Waals surface area contributed by atoms with Crippen molar-refractivity contribution in [2.24, 2.45) is 0 Å². The highest BCUT2D eigenvalue weighted by molar-refractivity contribution is 6.31. The lowest BCUT2D eigenvalue weighted by atomic mass is 9.90. The molecule has 35 heavy (non-hydrogen) atoms. The fourth-order valence-corrected chi connectivity index (χ4v) is 4.53. The molecular formula is C26H24ClF3N4O. The lowest BCUT2D eigenvalue weighted by Crippen LogP contribution is -2.40. The van der Waals surface area contributed by atoms with Crippen molar-refractivity contribution in [2.75, 3.05) is 5.32 Å². The van der Waals surface area contributed by atoms with Crippen LogP contribution >= 0.6 is 11.6 Å². The zero-order chi connectivity index (χ0) is 25.2.